The Kier molecular flexibility index (Phi) is 5.27. The molecule has 3 rings (SSSR count). The fraction of sp³-hybridized carbons (Fsp3) is 0.562. The molecule has 0 aliphatic carbocycles. The van der Waals surface area contributed by atoms with Crippen LogP contribution in [-0.2, 0) is 9.53 Å². The third kappa shape index (κ3) is 4.01. The van der Waals surface area contributed by atoms with E-state index < -0.39 is 0 Å². The van der Waals surface area contributed by atoms with Gasteiger partial charge in [-0.3, -0.25) is 14.9 Å². The molecule has 1 amide bonds. The highest BCUT2D eigenvalue weighted by Gasteiger charge is 2.25. The molecule has 0 saturated carbocycles. The van der Waals surface area contributed by atoms with Crippen LogP contribution in [0.5, 0.6) is 0 Å². The standard InChI is InChI=1S/C16H22N4O4/c21-16(10-13-12-24-9-4-17-13)19-7-5-18(6-8-19)14-2-1-3-15(11-14)20(22)23/h1-3,11,13,17H,4-10,12H2. The number of carbonyl (C=O) groups excluding carboxylic acids is 1. The smallest absolute Gasteiger partial charge is 0.271 e. The molecule has 24 heavy (non-hydrogen) atoms. The number of amides is 1. The van der Waals surface area contributed by atoms with Crippen LogP contribution in [0.2, 0.25) is 0 Å². The number of anilines is 1. The van der Waals surface area contributed by atoms with Crippen molar-refractivity contribution in [1.29, 1.82) is 0 Å². The molecule has 2 aliphatic heterocycles. The number of nitro groups is 1. The van der Waals surface area contributed by atoms with E-state index in [0.717, 1.165) is 12.2 Å². The van der Waals surface area contributed by atoms with Crippen LogP contribution < -0.4 is 10.2 Å². The van der Waals surface area contributed by atoms with Gasteiger partial charge in [-0.2, -0.15) is 0 Å². The van der Waals surface area contributed by atoms with E-state index in [2.05, 4.69) is 10.2 Å². The van der Waals surface area contributed by atoms with Crippen LogP contribution in [-0.4, -0.2) is 67.7 Å². The predicted octanol–water partition coefficient (Wildman–Crippen LogP) is 0.622. The summed E-state index contributed by atoms with van der Waals surface area (Å²) in [5.74, 6) is 0.136. The van der Waals surface area contributed by atoms with Gasteiger partial charge in [-0.1, -0.05) is 6.07 Å². The second-order valence-electron chi connectivity index (χ2n) is 6.07. The van der Waals surface area contributed by atoms with Crippen molar-refractivity contribution in [2.24, 2.45) is 0 Å². The number of nitrogens with one attached hydrogen (secondary N) is 1. The summed E-state index contributed by atoms with van der Waals surface area (Å²) in [7, 11) is 0. The minimum absolute atomic E-state index is 0.0920. The van der Waals surface area contributed by atoms with E-state index >= 15 is 0 Å². The number of benzene rings is 1. The minimum Gasteiger partial charge on any atom is -0.378 e. The van der Waals surface area contributed by atoms with Crippen LogP contribution in [0.1, 0.15) is 6.42 Å². The molecule has 0 spiro atoms. The van der Waals surface area contributed by atoms with Gasteiger partial charge in [0.2, 0.25) is 5.91 Å². The lowest BCUT2D eigenvalue weighted by atomic mass is 10.1. The zero-order chi connectivity index (χ0) is 16.9. The summed E-state index contributed by atoms with van der Waals surface area (Å²) in [5, 5.41) is 14.2. The van der Waals surface area contributed by atoms with Gasteiger partial charge in [-0.25, -0.2) is 0 Å². The Morgan fingerprint density at radius 2 is 2.12 bits per heavy atom. The Hall–Kier alpha value is -2.19. The maximum atomic E-state index is 12.4. The van der Waals surface area contributed by atoms with E-state index in [1.165, 1.54) is 6.07 Å². The average Bonchev–Trinajstić information content (AvgIpc) is 2.63. The Morgan fingerprint density at radius 1 is 1.33 bits per heavy atom. The van der Waals surface area contributed by atoms with Gasteiger partial charge >= 0.3 is 0 Å². The SMILES string of the molecule is O=C(CC1COCCN1)N1CCN(c2cccc([N+](=O)[O-])c2)CC1. The van der Waals surface area contributed by atoms with Crippen LogP contribution in [0, 0.1) is 10.1 Å². The third-order valence-electron chi connectivity index (χ3n) is 4.46. The van der Waals surface area contributed by atoms with Crippen LogP contribution in [0.15, 0.2) is 24.3 Å². The van der Waals surface area contributed by atoms with E-state index in [4.69, 9.17) is 4.74 Å². The monoisotopic (exact) mass is 334 g/mol. The number of rotatable bonds is 4. The lowest BCUT2D eigenvalue weighted by Crippen LogP contribution is -2.51. The van der Waals surface area contributed by atoms with Crippen molar-refractivity contribution in [3.05, 3.63) is 34.4 Å². The second-order valence-corrected chi connectivity index (χ2v) is 6.07. The highest BCUT2D eigenvalue weighted by molar-refractivity contribution is 5.77. The number of carbonyl (C=O) groups is 1. The second kappa shape index (κ2) is 7.59. The first-order valence-corrected chi connectivity index (χ1v) is 8.22. The first-order chi connectivity index (χ1) is 11.6. The molecule has 8 heteroatoms. The molecule has 1 N–H and O–H groups in total. The lowest BCUT2D eigenvalue weighted by Gasteiger charge is -2.37. The van der Waals surface area contributed by atoms with Crippen LogP contribution in [0.3, 0.4) is 0 Å². The molecule has 1 aromatic rings. The van der Waals surface area contributed by atoms with E-state index in [9.17, 15) is 14.9 Å². The molecule has 1 aromatic carbocycles. The number of piperazine rings is 1. The molecular formula is C16H22N4O4. The van der Waals surface area contributed by atoms with Crippen molar-refractivity contribution in [2.45, 2.75) is 12.5 Å². The summed E-state index contributed by atoms with van der Waals surface area (Å²) in [5.41, 5.74) is 0.924. The quantitative estimate of drug-likeness (QED) is 0.642. The molecule has 2 fully saturated rings. The number of nitro benzene ring substituents is 1. The molecule has 2 aliphatic rings. The Labute approximate surface area is 140 Å². The topological polar surface area (TPSA) is 88.0 Å². The molecule has 1 atom stereocenters. The van der Waals surface area contributed by atoms with E-state index in [1.54, 1.807) is 12.1 Å². The molecular weight excluding hydrogens is 312 g/mol. The summed E-state index contributed by atoms with van der Waals surface area (Å²) in [6.45, 7) is 4.71. The van der Waals surface area contributed by atoms with E-state index in [1.807, 2.05) is 11.0 Å². The van der Waals surface area contributed by atoms with Gasteiger partial charge < -0.3 is 19.9 Å². The first kappa shape index (κ1) is 16.7. The number of morpholine rings is 1. The van der Waals surface area contributed by atoms with Gasteiger partial charge in [0.05, 0.1) is 18.1 Å². The van der Waals surface area contributed by atoms with Gasteiger partial charge in [0, 0.05) is 63.0 Å². The number of nitrogens with zero attached hydrogens (tertiary/aromatic N) is 3. The van der Waals surface area contributed by atoms with Crippen molar-refractivity contribution >= 4 is 17.3 Å². The lowest BCUT2D eigenvalue weighted by molar-refractivity contribution is -0.384. The molecule has 2 heterocycles. The number of hydrogen-bond donors (Lipinski definition) is 1. The predicted molar refractivity (Wildman–Crippen MR) is 89.1 cm³/mol. The number of ether oxygens (including phenoxy) is 1. The summed E-state index contributed by atoms with van der Waals surface area (Å²) < 4.78 is 5.38. The Balaban J connectivity index is 1.52. The molecule has 0 radical (unpaired) electrons. The fourth-order valence-electron chi connectivity index (χ4n) is 3.11. The fourth-order valence-corrected chi connectivity index (χ4v) is 3.11. The molecule has 1 unspecified atom stereocenters. The minimum atomic E-state index is -0.386. The average molecular weight is 334 g/mol. The molecule has 2 saturated heterocycles. The summed E-state index contributed by atoms with van der Waals surface area (Å²) >= 11 is 0. The Bertz CT molecular complexity index is 595. The summed E-state index contributed by atoms with van der Waals surface area (Å²) in [6, 6.07) is 6.73. The summed E-state index contributed by atoms with van der Waals surface area (Å²) in [4.78, 5) is 26.8. The maximum absolute atomic E-state index is 12.4. The Morgan fingerprint density at radius 3 is 2.79 bits per heavy atom. The first-order valence-electron chi connectivity index (χ1n) is 8.22. The molecule has 0 aromatic heterocycles. The van der Waals surface area contributed by atoms with Gasteiger partial charge in [0.1, 0.15) is 0 Å². The largest absolute Gasteiger partial charge is 0.378 e. The highest BCUT2D eigenvalue weighted by Crippen LogP contribution is 2.22. The van der Waals surface area contributed by atoms with Crippen molar-refractivity contribution < 1.29 is 14.5 Å². The number of hydrogen-bond acceptors (Lipinski definition) is 6. The van der Waals surface area contributed by atoms with Crippen LogP contribution in [0.4, 0.5) is 11.4 Å². The van der Waals surface area contributed by atoms with Crippen molar-refractivity contribution in [2.75, 3.05) is 50.8 Å². The zero-order valence-corrected chi connectivity index (χ0v) is 13.5. The molecule has 0 bridgehead atoms. The van der Waals surface area contributed by atoms with Gasteiger partial charge in [-0.15, -0.1) is 0 Å². The van der Waals surface area contributed by atoms with Crippen LogP contribution >= 0.6 is 0 Å². The van der Waals surface area contributed by atoms with E-state index in [-0.39, 0.29) is 22.6 Å². The molecule has 130 valence electrons. The highest BCUT2D eigenvalue weighted by atomic mass is 16.6. The molecule has 8 nitrogen and oxygen atoms in total. The van der Waals surface area contributed by atoms with Gasteiger partial charge in [-0.05, 0) is 6.07 Å². The van der Waals surface area contributed by atoms with E-state index in [0.29, 0.717) is 45.8 Å². The van der Waals surface area contributed by atoms with Gasteiger partial charge in [0.25, 0.3) is 5.69 Å². The zero-order valence-electron chi connectivity index (χ0n) is 13.5. The summed E-state index contributed by atoms with van der Waals surface area (Å²) in [6.07, 6.45) is 0.455. The third-order valence-corrected chi connectivity index (χ3v) is 4.46. The van der Waals surface area contributed by atoms with Crippen molar-refractivity contribution in [3.63, 3.8) is 0 Å². The van der Waals surface area contributed by atoms with Crippen LogP contribution in [0.25, 0.3) is 0 Å². The normalized spacial score (nSPS) is 21.6. The van der Waals surface area contributed by atoms with Crippen molar-refractivity contribution in [1.82, 2.24) is 10.2 Å². The van der Waals surface area contributed by atoms with Crippen molar-refractivity contribution in [3.8, 4) is 0 Å². The maximum Gasteiger partial charge on any atom is 0.271 e. The number of non-ortho nitro benzene ring substituents is 1. The van der Waals surface area contributed by atoms with Gasteiger partial charge in [0.15, 0.2) is 0 Å².